The number of carbonyl (C=O) groups is 1. The first-order chi connectivity index (χ1) is 8.75. The standard InChI is InChI=1S/C14H20N2OS/c15-13(11-4-2-1-3-5-11)10-14(17)16-12-6-8-18-9-7-12/h1-5,12-13H,6-10,15H2,(H,16,17). The minimum absolute atomic E-state index is 0.0725. The Labute approximate surface area is 113 Å². The Balaban J connectivity index is 1.80. The second kappa shape index (κ2) is 6.81. The Morgan fingerprint density at radius 3 is 2.67 bits per heavy atom. The van der Waals surface area contributed by atoms with Gasteiger partial charge in [-0.25, -0.2) is 0 Å². The fraction of sp³-hybridized carbons (Fsp3) is 0.500. The van der Waals surface area contributed by atoms with Crippen LogP contribution in [-0.4, -0.2) is 23.5 Å². The van der Waals surface area contributed by atoms with E-state index in [4.69, 9.17) is 5.73 Å². The van der Waals surface area contributed by atoms with Crippen LogP contribution in [0, 0.1) is 0 Å². The van der Waals surface area contributed by atoms with Gasteiger partial charge in [-0.05, 0) is 29.9 Å². The van der Waals surface area contributed by atoms with E-state index in [1.807, 2.05) is 42.1 Å². The van der Waals surface area contributed by atoms with E-state index in [0.717, 1.165) is 29.9 Å². The summed E-state index contributed by atoms with van der Waals surface area (Å²) >= 11 is 1.96. The number of rotatable bonds is 4. The largest absolute Gasteiger partial charge is 0.353 e. The first-order valence-corrected chi connectivity index (χ1v) is 7.59. The molecular formula is C14H20N2OS. The first kappa shape index (κ1) is 13.4. The van der Waals surface area contributed by atoms with Crippen molar-refractivity contribution < 1.29 is 4.79 Å². The number of nitrogens with two attached hydrogens (primary N) is 1. The van der Waals surface area contributed by atoms with E-state index in [2.05, 4.69) is 5.32 Å². The molecule has 1 aromatic rings. The van der Waals surface area contributed by atoms with Gasteiger partial charge in [0.2, 0.25) is 5.91 Å². The molecule has 2 rings (SSSR count). The van der Waals surface area contributed by atoms with Gasteiger partial charge in [0.05, 0.1) is 0 Å². The SMILES string of the molecule is NC(CC(=O)NC1CCSCC1)c1ccccc1. The zero-order valence-corrected chi connectivity index (χ0v) is 11.3. The van der Waals surface area contributed by atoms with Crippen molar-refractivity contribution in [2.45, 2.75) is 31.3 Å². The molecule has 18 heavy (non-hydrogen) atoms. The summed E-state index contributed by atoms with van der Waals surface area (Å²) in [7, 11) is 0. The fourth-order valence-corrected chi connectivity index (χ4v) is 3.25. The molecule has 0 spiro atoms. The van der Waals surface area contributed by atoms with Crippen molar-refractivity contribution in [3.05, 3.63) is 35.9 Å². The molecule has 1 atom stereocenters. The van der Waals surface area contributed by atoms with Crippen LogP contribution < -0.4 is 11.1 Å². The lowest BCUT2D eigenvalue weighted by Crippen LogP contribution is -2.38. The molecule has 1 unspecified atom stereocenters. The molecule has 1 aliphatic heterocycles. The number of thioether (sulfide) groups is 1. The van der Waals surface area contributed by atoms with Crippen molar-refractivity contribution >= 4 is 17.7 Å². The van der Waals surface area contributed by atoms with Crippen molar-refractivity contribution in [3.63, 3.8) is 0 Å². The Morgan fingerprint density at radius 2 is 2.00 bits per heavy atom. The molecule has 1 aromatic carbocycles. The number of benzene rings is 1. The van der Waals surface area contributed by atoms with Gasteiger partial charge in [-0.2, -0.15) is 11.8 Å². The van der Waals surface area contributed by atoms with E-state index in [0.29, 0.717) is 12.5 Å². The summed E-state index contributed by atoms with van der Waals surface area (Å²) in [5.41, 5.74) is 7.06. The summed E-state index contributed by atoms with van der Waals surface area (Å²) in [6, 6.07) is 9.93. The Bertz CT molecular complexity index is 377. The summed E-state index contributed by atoms with van der Waals surface area (Å²) in [6.45, 7) is 0. The summed E-state index contributed by atoms with van der Waals surface area (Å²) in [6.07, 6.45) is 2.53. The van der Waals surface area contributed by atoms with Gasteiger partial charge in [-0.3, -0.25) is 4.79 Å². The van der Waals surface area contributed by atoms with Gasteiger partial charge in [-0.1, -0.05) is 30.3 Å². The van der Waals surface area contributed by atoms with Crippen LogP contribution in [0.25, 0.3) is 0 Å². The van der Waals surface area contributed by atoms with E-state index in [9.17, 15) is 4.79 Å². The van der Waals surface area contributed by atoms with Crippen LogP contribution in [0.3, 0.4) is 0 Å². The average Bonchev–Trinajstić information content (AvgIpc) is 2.40. The highest BCUT2D eigenvalue weighted by Crippen LogP contribution is 2.18. The normalized spacial score (nSPS) is 18.3. The van der Waals surface area contributed by atoms with Crippen molar-refractivity contribution in [1.82, 2.24) is 5.32 Å². The average molecular weight is 264 g/mol. The third kappa shape index (κ3) is 4.03. The Morgan fingerprint density at radius 1 is 1.33 bits per heavy atom. The Kier molecular flexibility index (Phi) is 5.08. The molecule has 1 fully saturated rings. The molecule has 1 heterocycles. The summed E-state index contributed by atoms with van der Waals surface area (Å²) < 4.78 is 0. The predicted molar refractivity (Wildman–Crippen MR) is 76.5 cm³/mol. The highest BCUT2D eigenvalue weighted by molar-refractivity contribution is 7.99. The van der Waals surface area contributed by atoms with E-state index in [1.165, 1.54) is 0 Å². The molecule has 3 N–H and O–H groups in total. The van der Waals surface area contributed by atoms with Crippen LogP contribution >= 0.6 is 11.8 Å². The van der Waals surface area contributed by atoms with Crippen molar-refractivity contribution in [2.75, 3.05) is 11.5 Å². The number of hydrogen-bond acceptors (Lipinski definition) is 3. The fourth-order valence-electron chi connectivity index (χ4n) is 2.15. The zero-order chi connectivity index (χ0) is 12.8. The highest BCUT2D eigenvalue weighted by atomic mass is 32.2. The van der Waals surface area contributed by atoms with Gasteiger partial charge in [0, 0.05) is 18.5 Å². The lowest BCUT2D eigenvalue weighted by Gasteiger charge is -2.23. The van der Waals surface area contributed by atoms with Crippen molar-refractivity contribution in [2.24, 2.45) is 5.73 Å². The van der Waals surface area contributed by atoms with Crippen LogP contribution in [0.2, 0.25) is 0 Å². The second-order valence-electron chi connectivity index (χ2n) is 4.68. The van der Waals surface area contributed by atoms with Crippen LogP contribution in [0.4, 0.5) is 0 Å². The summed E-state index contributed by atoms with van der Waals surface area (Å²) in [5.74, 6) is 2.37. The van der Waals surface area contributed by atoms with E-state index in [1.54, 1.807) is 0 Å². The van der Waals surface area contributed by atoms with E-state index >= 15 is 0 Å². The molecule has 0 aromatic heterocycles. The molecule has 4 heteroatoms. The predicted octanol–water partition coefficient (Wildman–Crippen LogP) is 2.09. The van der Waals surface area contributed by atoms with Gasteiger partial charge in [0.15, 0.2) is 0 Å². The maximum Gasteiger partial charge on any atom is 0.222 e. The van der Waals surface area contributed by atoms with E-state index in [-0.39, 0.29) is 11.9 Å². The molecule has 0 saturated carbocycles. The zero-order valence-electron chi connectivity index (χ0n) is 10.5. The molecule has 98 valence electrons. The van der Waals surface area contributed by atoms with Crippen LogP contribution in [0.1, 0.15) is 30.9 Å². The Hall–Kier alpha value is -1.00. The van der Waals surface area contributed by atoms with Crippen LogP contribution in [0.5, 0.6) is 0 Å². The van der Waals surface area contributed by atoms with Gasteiger partial charge < -0.3 is 11.1 Å². The van der Waals surface area contributed by atoms with Gasteiger partial charge in [0.1, 0.15) is 0 Å². The van der Waals surface area contributed by atoms with Crippen LogP contribution in [0.15, 0.2) is 30.3 Å². The molecular weight excluding hydrogens is 244 g/mol. The lowest BCUT2D eigenvalue weighted by atomic mass is 10.0. The summed E-state index contributed by atoms with van der Waals surface area (Å²) in [4.78, 5) is 11.9. The third-order valence-electron chi connectivity index (χ3n) is 3.22. The number of amides is 1. The number of nitrogens with one attached hydrogen (secondary N) is 1. The smallest absolute Gasteiger partial charge is 0.222 e. The molecule has 0 radical (unpaired) electrons. The maximum atomic E-state index is 11.9. The summed E-state index contributed by atoms with van der Waals surface area (Å²) in [5, 5.41) is 3.09. The number of carbonyl (C=O) groups excluding carboxylic acids is 1. The first-order valence-electron chi connectivity index (χ1n) is 6.43. The minimum Gasteiger partial charge on any atom is -0.353 e. The highest BCUT2D eigenvalue weighted by Gasteiger charge is 2.17. The second-order valence-corrected chi connectivity index (χ2v) is 5.90. The maximum absolute atomic E-state index is 11.9. The lowest BCUT2D eigenvalue weighted by molar-refractivity contribution is -0.122. The van der Waals surface area contributed by atoms with Crippen LogP contribution in [-0.2, 0) is 4.79 Å². The minimum atomic E-state index is -0.204. The molecule has 0 aliphatic carbocycles. The number of hydrogen-bond donors (Lipinski definition) is 2. The van der Waals surface area contributed by atoms with E-state index < -0.39 is 0 Å². The van der Waals surface area contributed by atoms with Gasteiger partial charge in [-0.15, -0.1) is 0 Å². The van der Waals surface area contributed by atoms with Gasteiger partial charge in [0.25, 0.3) is 0 Å². The van der Waals surface area contributed by atoms with Crippen molar-refractivity contribution in [3.8, 4) is 0 Å². The molecule has 0 bridgehead atoms. The third-order valence-corrected chi connectivity index (χ3v) is 4.27. The quantitative estimate of drug-likeness (QED) is 0.875. The van der Waals surface area contributed by atoms with Crippen molar-refractivity contribution in [1.29, 1.82) is 0 Å². The molecule has 3 nitrogen and oxygen atoms in total. The monoisotopic (exact) mass is 264 g/mol. The topological polar surface area (TPSA) is 55.1 Å². The molecule has 1 amide bonds. The van der Waals surface area contributed by atoms with Gasteiger partial charge >= 0.3 is 0 Å². The molecule has 1 aliphatic rings. The molecule has 1 saturated heterocycles.